The van der Waals surface area contributed by atoms with Gasteiger partial charge in [0.1, 0.15) is 6.04 Å². The van der Waals surface area contributed by atoms with Crippen molar-refractivity contribution in [3.05, 3.63) is 0 Å². The molecule has 5 heteroatoms. The smallest absolute Gasteiger partial charge is 0.320 e. The molecule has 5 unspecified atom stereocenters. The molecule has 0 spiro atoms. The monoisotopic (exact) mass is 282 g/mol. The van der Waals surface area contributed by atoms with Crippen LogP contribution >= 0.6 is 0 Å². The van der Waals surface area contributed by atoms with Crippen molar-refractivity contribution in [3.8, 4) is 0 Å². The Bertz CT molecular complexity index is 385. The van der Waals surface area contributed by atoms with E-state index in [2.05, 4.69) is 12.2 Å². The van der Waals surface area contributed by atoms with Crippen LogP contribution in [0.25, 0.3) is 0 Å². The summed E-state index contributed by atoms with van der Waals surface area (Å²) in [6, 6.07) is -0.440. The third-order valence-corrected chi connectivity index (χ3v) is 5.24. The number of carbonyl (C=O) groups excluding carboxylic acids is 1. The van der Waals surface area contributed by atoms with Crippen LogP contribution in [0, 0.1) is 17.8 Å². The molecule has 0 aromatic carbocycles. The lowest BCUT2D eigenvalue weighted by Gasteiger charge is -2.29. The average Bonchev–Trinajstić information content (AvgIpc) is 2.99. The average molecular weight is 282 g/mol. The van der Waals surface area contributed by atoms with Crippen LogP contribution in [-0.4, -0.2) is 47.6 Å². The number of rotatable bonds is 6. The summed E-state index contributed by atoms with van der Waals surface area (Å²) in [6.07, 6.45) is 5.25. The summed E-state index contributed by atoms with van der Waals surface area (Å²) < 4.78 is 0. The van der Waals surface area contributed by atoms with Gasteiger partial charge >= 0.3 is 5.97 Å². The fraction of sp³-hybridized carbons (Fsp3) is 0.867. The van der Waals surface area contributed by atoms with Gasteiger partial charge in [-0.25, -0.2) is 0 Å². The minimum Gasteiger partial charge on any atom is -0.480 e. The van der Waals surface area contributed by atoms with Gasteiger partial charge in [-0.05, 0) is 57.9 Å². The molecule has 2 aliphatic carbocycles. The van der Waals surface area contributed by atoms with Gasteiger partial charge in [-0.3, -0.25) is 14.5 Å². The summed E-state index contributed by atoms with van der Waals surface area (Å²) in [7, 11) is 1.67. The molecule has 2 fully saturated rings. The highest BCUT2D eigenvalue weighted by molar-refractivity contribution is 5.80. The largest absolute Gasteiger partial charge is 0.480 e. The second-order valence-corrected chi connectivity index (χ2v) is 6.62. The van der Waals surface area contributed by atoms with E-state index >= 15 is 0 Å². The number of hydrogen-bond acceptors (Lipinski definition) is 3. The number of nitrogens with one attached hydrogen (secondary N) is 1. The van der Waals surface area contributed by atoms with Crippen molar-refractivity contribution in [2.75, 3.05) is 13.6 Å². The van der Waals surface area contributed by atoms with Gasteiger partial charge in [0.15, 0.2) is 0 Å². The van der Waals surface area contributed by atoms with Gasteiger partial charge in [-0.2, -0.15) is 0 Å². The van der Waals surface area contributed by atoms with Gasteiger partial charge in [0.25, 0.3) is 0 Å². The van der Waals surface area contributed by atoms with E-state index < -0.39 is 12.0 Å². The molecule has 0 saturated heterocycles. The number of aliphatic carboxylic acids is 1. The van der Waals surface area contributed by atoms with E-state index in [0.717, 1.165) is 11.8 Å². The summed E-state index contributed by atoms with van der Waals surface area (Å²) in [5, 5.41) is 12.0. The lowest BCUT2D eigenvalue weighted by atomic mass is 9.84. The number of fused-ring (bicyclic) bond motifs is 2. The highest BCUT2D eigenvalue weighted by Crippen LogP contribution is 2.49. The van der Waals surface area contributed by atoms with Crippen LogP contribution in [0.1, 0.15) is 39.5 Å². The maximum atomic E-state index is 12.0. The Morgan fingerprint density at radius 3 is 2.50 bits per heavy atom. The van der Waals surface area contributed by atoms with E-state index in [1.807, 2.05) is 0 Å². The van der Waals surface area contributed by atoms with Crippen LogP contribution < -0.4 is 5.32 Å². The predicted octanol–water partition coefficient (Wildman–Crippen LogP) is 1.33. The van der Waals surface area contributed by atoms with E-state index in [-0.39, 0.29) is 18.5 Å². The molecule has 5 atom stereocenters. The Labute approximate surface area is 120 Å². The van der Waals surface area contributed by atoms with Crippen molar-refractivity contribution in [2.24, 2.45) is 17.8 Å². The number of carboxylic acids is 1. The van der Waals surface area contributed by atoms with E-state index in [4.69, 9.17) is 5.11 Å². The molecule has 114 valence electrons. The Kier molecular flexibility index (Phi) is 4.68. The number of carbonyl (C=O) groups is 2. The van der Waals surface area contributed by atoms with Crippen LogP contribution in [-0.2, 0) is 9.59 Å². The molecular weight excluding hydrogens is 256 g/mol. The molecule has 2 N–H and O–H groups in total. The molecule has 2 rings (SSSR count). The molecule has 2 aliphatic rings. The molecule has 5 nitrogen and oxygen atoms in total. The molecule has 2 saturated carbocycles. The fourth-order valence-corrected chi connectivity index (χ4v) is 3.86. The normalized spacial score (nSPS) is 31.3. The van der Waals surface area contributed by atoms with Crippen LogP contribution in [0.2, 0.25) is 0 Å². The van der Waals surface area contributed by atoms with Gasteiger partial charge in [0, 0.05) is 6.04 Å². The maximum absolute atomic E-state index is 12.0. The van der Waals surface area contributed by atoms with E-state index in [1.165, 1.54) is 25.7 Å². The lowest BCUT2D eigenvalue weighted by Crippen LogP contribution is -2.47. The van der Waals surface area contributed by atoms with Crippen LogP contribution in [0.5, 0.6) is 0 Å². The summed E-state index contributed by atoms with van der Waals surface area (Å²) in [4.78, 5) is 24.4. The Balaban J connectivity index is 1.78. The molecule has 0 aromatic heterocycles. The summed E-state index contributed by atoms with van der Waals surface area (Å²) >= 11 is 0. The van der Waals surface area contributed by atoms with Crippen molar-refractivity contribution in [3.63, 3.8) is 0 Å². The molecule has 0 aliphatic heterocycles. The van der Waals surface area contributed by atoms with Gasteiger partial charge in [-0.1, -0.05) is 6.42 Å². The highest BCUT2D eigenvalue weighted by Gasteiger charge is 2.42. The second-order valence-electron chi connectivity index (χ2n) is 6.62. The quantitative estimate of drug-likeness (QED) is 0.771. The number of nitrogens with zero attached hydrogens (tertiary/aromatic N) is 1. The number of amides is 1. The van der Waals surface area contributed by atoms with Crippen molar-refractivity contribution in [1.29, 1.82) is 0 Å². The SMILES string of the molecule is CC(NC(=O)CN(C)C(C)C(=O)O)C1CC2CCC1C2. The summed E-state index contributed by atoms with van der Waals surface area (Å²) in [5.74, 6) is 1.29. The molecular formula is C15H26N2O3. The van der Waals surface area contributed by atoms with Crippen molar-refractivity contribution >= 4 is 11.9 Å². The Morgan fingerprint density at radius 2 is 2.00 bits per heavy atom. The summed E-state index contributed by atoms with van der Waals surface area (Å²) in [5.41, 5.74) is 0. The fourth-order valence-electron chi connectivity index (χ4n) is 3.86. The number of carboxylic acid groups (broad SMARTS) is 1. The molecule has 0 aromatic rings. The zero-order valence-electron chi connectivity index (χ0n) is 12.6. The molecule has 0 heterocycles. The third-order valence-electron chi connectivity index (χ3n) is 5.24. The van der Waals surface area contributed by atoms with Gasteiger partial charge in [0.2, 0.25) is 5.91 Å². The van der Waals surface area contributed by atoms with Crippen molar-refractivity contribution in [1.82, 2.24) is 10.2 Å². The third kappa shape index (κ3) is 3.32. The minimum absolute atomic E-state index is 0.0733. The first-order valence-electron chi connectivity index (χ1n) is 7.61. The van der Waals surface area contributed by atoms with E-state index in [0.29, 0.717) is 5.92 Å². The minimum atomic E-state index is -0.901. The first-order valence-corrected chi connectivity index (χ1v) is 7.61. The number of likely N-dealkylation sites (N-methyl/N-ethyl adjacent to an activating group) is 1. The number of hydrogen-bond donors (Lipinski definition) is 2. The van der Waals surface area contributed by atoms with Crippen LogP contribution in [0.4, 0.5) is 0 Å². The zero-order chi connectivity index (χ0) is 14.9. The lowest BCUT2D eigenvalue weighted by molar-refractivity contribution is -0.142. The molecule has 0 radical (unpaired) electrons. The van der Waals surface area contributed by atoms with Crippen LogP contribution in [0.15, 0.2) is 0 Å². The maximum Gasteiger partial charge on any atom is 0.320 e. The predicted molar refractivity (Wildman–Crippen MR) is 76.3 cm³/mol. The van der Waals surface area contributed by atoms with Crippen LogP contribution in [0.3, 0.4) is 0 Å². The van der Waals surface area contributed by atoms with E-state index in [9.17, 15) is 9.59 Å². The van der Waals surface area contributed by atoms with Gasteiger partial charge in [0.05, 0.1) is 6.54 Å². The Hall–Kier alpha value is -1.10. The van der Waals surface area contributed by atoms with Crippen molar-refractivity contribution < 1.29 is 14.7 Å². The highest BCUT2D eigenvalue weighted by atomic mass is 16.4. The van der Waals surface area contributed by atoms with Gasteiger partial charge in [-0.15, -0.1) is 0 Å². The van der Waals surface area contributed by atoms with Crippen molar-refractivity contribution in [2.45, 2.75) is 51.6 Å². The van der Waals surface area contributed by atoms with E-state index in [1.54, 1.807) is 18.9 Å². The molecule has 20 heavy (non-hydrogen) atoms. The molecule has 1 amide bonds. The standard InChI is InChI=1S/C15H26N2O3/c1-9(13-7-11-4-5-12(13)6-11)16-14(18)8-17(3)10(2)15(19)20/h9-13H,4-8H2,1-3H3,(H,16,18)(H,19,20). The Morgan fingerprint density at radius 1 is 1.30 bits per heavy atom. The molecule has 2 bridgehead atoms. The topological polar surface area (TPSA) is 69.6 Å². The summed E-state index contributed by atoms with van der Waals surface area (Å²) in [6.45, 7) is 3.82. The zero-order valence-corrected chi connectivity index (χ0v) is 12.6. The first kappa shape index (κ1) is 15.3. The van der Waals surface area contributed by atoms with Gasteiger partial charge < -0.3 is 10.4 Å². The first-order chi connectivity index (χ1) is 9.38. The second kappa shape index (κ2) is 6.12.